The number of fused-ring (bicyclic) bond motifs is 5. The Hall–Kier alpha value is -1.66. The van der Waals surface area contributed by atoms with Gasteiger partial charge in [-0.3, -0.25) is 0 Å². The molecule has 23 heavy (non-hydrogen) atoms. The summed E-state index contributed by atoms with van der Waals surface area (Å²) in [4.78, 5) is 0. The van der Waals surface area contributed by atoms with Crippen molar-refractivity contribution in [3.8, 4) is 18.3 Å². The lowest BCUT2D eigenvalue weighted by Gasteiger charge is -2.52. The summed E-state index contributed by atoms with van der Waals surface area (Å²) in [5.41, 5.74) is 2.44. The van der Waals surface area contributed by atoms with Crippen LogP contribution in [0.2, 0.25) is 0 Å². The molecule has 1 aromatic carbocycles. The highest BCUT2D eigenvalue weighted by Gasteiger charge is 2.63. The van der Waals surface area contributed by atoms with Gasteiger partial charge in [-0.05, 0) is 73.1 Å². The molecule has 2 N–H and O–H groups in total. The van der Waals surface area contributed by atoms with Crippen molar-refractivity contribution >= 4 is 0 Å². The minimum atomic E-state index is -1.17. The minimum absolute atomic E-state index is 0.255. The molecule has 0 unspecified atom stereocenters. The number of terminal acetylenes is 1. The monoisotopic (exact) mass is 312 g/mol. The number of hydrogen-bond donors (Lipinski definition) is 2. The number of aryl methyl sites for hydroxylation is 1. The fourth-order valence-corrected chi connectivity index (χ4v) is 5.81. The van der Waals surface area contributed by atoms with Gasteiger partial charge in [0.05, 0.1) is 0 Å². The van der Waals surface area contributed by atoms with Gasteiger partial charge in [0.25, 0.3) is 0 Å². The summed E-state index contributed by atoms with van der Waals surface area (Å²) in [6.45, 7) is 2.16. The first kappa shape index (κ1) is 14.9. The van der Waals surface area contributed by atoms with Crippen LogP contribution in [0.4, 0.5) is 0 Å². The van der Waals surface area contributed by atoms with E-state index < -0.39 is 5.79 Å². The summed E-state index contributed by atoms with van der Waals surface area (Å²) in [5, 5.41) is 20.7. The predicted molar refractivity (Wildman–Crippen MR) is 87.6 cm³/mol. The Balaban J connectivity index is 1.69. The number of ether oxygens (including phenoxy) is 1. The first-order valence-electron chi connectivity index (χ1n) is 8.66. The first-order valence-corrected chi connectivity index (χ1v) is 8.66. The molecule has 3 aliphatic rings. The van der Waals surface area contributed by atoms with Crippen molar-refractivity contribution in [3.05, 3.63) is 29.3 Å². The Bertz CT molecular complexity index is 676. The maximum atomic E-state index is 11.0. The van der Waals surface area contributed by atoms with Gasteiger partial charge in [-0.1, -0.05) is 19.4 Å². The molecular weight excluding hydrogens is 288 g/mol. The largest absolute Gasteiger partial charge is 0.508 e. The Labute approximate surface area is 137 Å². The van der Waals surface area contributed by atoms with Crippen molar-refractivity contribution in [2.24, 2.45) is 17.3 Å². The van der Waals surface area contributed by atoms with Gasteiger partial charge in [0.2, 0.25) is 5.79 Å². The molecule has 0 aliphatic heterocycles. The molecule has 0 aromatic heterocycles. The molecule has 0 radical (unpaired) electrons. The standard InChI is InChI=1S/C20H24O3/c1-3-23-20(22)11-9-18-17-6-4-13-12-14(21)5-7-15(13)16(17)8-10-19(18,20)2/h1,5,7,12,16-18,21-22H,4,6,8-11H2,2H3/t16-,17+,18-,19+,20+/m0/s1. The summed E-state index contributed by atoms with van der Waals surface area (Å²) >= 11 is 0. The van der Waals surface area contributed by atoms with Crippen LogP contribution in [0, 0.1) is 29.8 Å². The first-order chi connectivity index (χ1) is 11.0. The average Bonchev–Trinajstić information content (AvgIpc) is 2.79. The molecule has 3 aliphatic carbocycles. The summed E-state index contributed by atoms with van der Waals surface area (Å²) in [6, 6.07) is 5.83. The highest BCUT2D eigenvalue weighted by Crippen LogP contribution is 2.64. The quantitative estimate of drug-likeness (QED) is 0.616. The molecule has 0 amide bonds. The Morgan fingerprint density at radius 1 is 1.26 bits per heavy atom. The summed E-state index contributed by atoms with van der Waals surface area (Å²) in [5.74, 6) is 0.737. The zero-order valence-electron chi connectivity index (χ0n) is 13.6. The molecule has 3 nitrogen and oxygen atoms in total. The molecule has 0 saturated heterocycles. The van der Waals surface area contributed by atoms with Crippen LogP contribution in [0.5, 0.6) is 5.75 Å². The van der Waals surface area contributed by atoms with E-state index >= 15 is 0 Å². The number of aliphatic hydroxyl groups is 1. The van der Waals surface area contributed by atoms with Gasteiger partial charge in [0.1, 0.15) is 11.9 Å². The second kappa shape index (κ2) is 4.92. The third-order valence-electron chi connectivity index (χ3n) is 7.01. The van der Waals surface area contributed by atoms with Crippen LogP contribution in [0.1, 0.15) is 56.1 Å². The third kappa shape index (κ3) is 1.94. The number of benzene rings is 1. The minimum Gasteiger partial charge on any atom is -0.508 e. The van der Waals surface area contributed by atoms with Crippen molar-refractivity contribution in [1.29, 1.82) is 0 Å². The molecule has 1 aromatic rings. The van der Waals surface area contributed by atoms with E-state index in [9.17, 15) is 10.2 Å². The van der Waals surface area contributed by atoms with Gasteiger partial charge in [0, 0.05) is 11.8 Å². The number of phenolic OH excluding ortho intramolecular Hbond substituents is 1. The van der Waals surface area contributed by atoms with E-state index in [4.69, 9.17) is 11.2 Å². The number of hydrogen-bond acceptors (Lipinski definition) is 3. The Kier molecular flexibility index (Phi) is 3.19. The van der Waals surface area contributed by atoms with E-state index in [-0.39, 0.29) is 5.41 Å². The smallest absolute Gasteiger partial charge is 0.224 e. The summed E-state index contributed by atoms with van der Waals surface area (Å²) in [7, 11) is 0. The van der Waals surface area contributed by atoms with Gasteiger partial charge < -0.3 is 14.9 Å². The van der Waals surface area contributed by atoms with Gasteiger partial charge in [-0.15, -0.1) is 0 Å². The third-order valence-corrected chi connectivity index (χ3v) is 7.01. The average molecular weight is 312 g/mol. The number of rotatable bonds is 1. The summed E-state index contributed by atoms with van der Waals surface area (Å²) < 4.78 is 5.38. The van der Waals surface area contributed by atoms with E-state index in [1.54, 1.807) is 0 Å². The zero-order chi connectivity index (χ0) is 16.2. The fourth-order valence-electron chi connectivity index (χ4n) is 5.81. The molecule has 0 bridgehead atoms. The molecule has 2 saturated carbocycles. The molecule has 122 valence electrons. The summed E-state index contributed by atoms with van der Waals surface area (Å²) in [6.07, 6.45) is 13.3. The molecule has 3 heteroatoms. The van der Waals surface area contributed by atoms with Gasteiger partial charge in [-0.25, -0.2) is 0 Å². The van der Waals surface area contributed by atoms with Crippen molar-refractivity contribution in [3.63, 3.8) is 0 Å². The fraction of sp³-hybridized carbons (Fsp3) is 0.600. The van der Waals surface area contributed by atoms with Crippen molar-refractivity contribution in [2.75, 3.05) is 0 Å². The maximum absolute atomic E-state index is 11.0. The predicted octanol–water partition coefficient (Wildman–Crippen LogP) is 3.54. The van der Waals surface area contributed by atoms with Crippen LogP contribution in [0.15, 0.2) is 18.2 Å². The van der Waals surface area contributed by atoms with E-state index in [1.807, 2.05) is 12.1 Å². The lowest BCUT2D eigenvalue weighted by Crippen LogP contribution is -2.51. The van der Waals surface area contributed by atoms with E-state index in [0.717, 1.165) is 32.1 Å². The van der Waals surface area contributed by atoms with Gasteiger partial charge in [0.15, 0.2) is 0 Å². The molecule has 0 spiro atoms. The maximum Gasteiger partial charge on any atom is 0.224 e. The molecule has 5 atom stereocenters. The SMILES string of the molecule is C#CO[C@]1(O)CC[C@H]2[C@@H]3CCc4cc(O)ccc4[C@@H]3CC[C@]21C. The van der Waals surface area contributed by atoms with Crippen LogP contribution < -0.4 is 0 Å². The van der Waals surface area contributed by atoms with Crippen LogP contribution in [-0.2, 0) is 11.2 Å². The van der Waals surface area contributed by atoms with E-state index in [0.29, 0.717) is 29.9 Å². The zero-order valence-corrected chi connectivity index (χ0v) is 13.6. The van der Waals surface area contributed by atoms with Crippen molar-refractivity contribution in [1.82, 2.24) is 0 Å². The number of aromatic hydroxyl groups is 1. The van der Waals surface area contributed by atoms with Gasteiger partial charge >= 0.3 is 0 Å². The Morgan fingerprint density at radius 3 is 2.87 bits per heavy atom. The lowest BCUT2D eigenvalue weighted by atomic mass is 9.55. The van der Waals surface area contributed by atoms with Crippen molar-refractivity contribution < 1.29 is 14.9 Å². The van der Waals surface area contributed by atoms with Crippen LogP contribution in [-0.4, -0.2) is 16.0 Å². The second-order valence-electron chi connectivity index (χ2n) is 7.80. The lowest BCUT2D eigenvalue weighted by molar-refractivity contribution is -0.238. The Morgan fingerprint density at radius 2 is 2.09 bits per heavy atom. The topological polar surface area (TPSA) is 49.7 Å². The molecule has 0 heterocycles. The van der Waals surface area contributed by atoms with E-state index in [2.05, 4.69) is 19.1 Å². The van der Waals surface area contributed by atoms with Crippen LogP contribution in [0.25, 0.3) is 0 Å². The van der Waals surface area contributed by atoms with Gasteiger partial charge in [-0.2, -0.15) is 0 Å². The molecular formula is C20H24O3. The molecule has 2 fully saturated rings. The van der Waals surface area contributed by atoms with Crippen LogP contribution in [0.3, 0.4) is 0 Å². The highest BCUT2D eigenvalue weighted by molar-refractivity contribution is 5.40. The molecule has 4 rings (SSSR count). The second-order valence-corrected chi connectivity index (χ2v) is 7.80. The van der Waals surface area contributed by atoms with E-state index in [1.165, 1.54) is 11.1 Å². The van der Waals surface area contributed by atoms with Crippen molar-refractivity contribution in [2.45, 2.75) is 57.2 Å². The number of phenols is 1. The normalized spacial score (nSPS) is 41.3. The van der Waals surface area contributed by atoms with Crippen LogP contribution >= 0.6 is 0 Å². The highest BCUT2D eigenvalue weighted by atomic mass is 16.6.